The van der Waals surface area contributed by atoms with Gasteiger partial charge in [0.2, 0.25) is 0 Å². The summed E-state index contributed by atoms with van der Waals surface area (Å²) in [6.07, 6.45) is 1.69. The molecule has 0 saturated heterocycles. The molecule has 0 unspecified atom stereocenters. The number of hydrogen-bond donors (Lipinski definition) is 0. The molecule has 1 aromatic heterocycles. The fourth-order valence-corrected chi connectivity index (χ4v) is 2.20. The maximum atomic E-state index is 11.4. The van der Waals surface area contributed by atoms with Crippen LogP contribution in [0.4, 0.5) is 5.82 Å². The lowest BCUT2D eigenvalue weighted by Crippen LogP contribution is -2.17. The van der Waals surface area contributed by atoms with Crippen molar-refractivity contribution in [3.05, 3.63) is 22.1 Å². The van der Waals surface area contributed by atoms with Crippen LogP contribution in [0.2, 0.25) is 0 Å². The second kappa shape index (κ2) is 5.26. The summed E-state index contributed by atoms with van der Waals surface area (Å²) >= 11 is 0. The second-order valence-electron chi connectivity index (χ2n) is 3.53. The van der Waals surface area contributed by atoms with Crippen molar-refractivity contribution in [2.45, 2.75) is 26.8 Å². The highest BCUT2D eigenvalue weighted by atomic mass is 32.2. The number of rotatable bonds is 6. The van der Waals surface area contributed by atoms with E-state index in [4.69, 9.17) is 0 Å². The normalized spacial score (nSPS) is 11.6. The van der Waals surface area contributed by atoms with E-state index >= 15 is 0 Å². The van der Waals surface area contributed by atoms with E-state index in [0.29, 0.717) is 12.2 Å². The SMILES string of the molecule is CCc1ncc([N+](=O)[O-])n1CCS(=O)(=O)CC. The van der Waals surface area contributed by atoms with Crippen LogP contribution in [-0.2, 0) is 22.8 Å². The molecule has 17 heavy (non-hydrogen) atoms. The van der Waals surface area contributed by atoms with Gasteiger partial charge in [-0.3, -0.25) is 0 Å². The van der Waals surface area contributed by atoms with Crippen molar-refractivity contribution in [3.63, 3.8) is 0 Å². The molecule has 0 aliphatic rings. The van der Waals surface area contributed by atoms with Gasteiger partial charge in [0.15, 0.2) is 15.7 Å². The molecule has 7 nitrogen and oxygen atoms in total. The Balaban J connectivity index is 2.96. The van der Waals surface area contributed by atoms with Crippen LogP contribution in [0.1, 0.15) is 19.7 Å². The van der Waals surface area contributed by atoms with Crippen molar-refractivity contribution >= 4 is 15.7 Å². The van der Waals surface area contributed by atoms with Gasteiger partial charge in [0, 0.05) is 12.2 Å². The van der Waals surface area contributed by atoms with Gasteiger partial charge in [-0.05, 0) is 4.92 Å². The first-order valence-electron chi connectivity index (χ1n) is 5.30. The molecule has 8 heteroatoms. The lowest BCUT2D eigenvalue weighted by atomic mass is 10.4. The first kappa shape index (κ1) is 13.6. The van der Waals surface area contributed by atoms with Crippen LogP contribution in [-0.4, -0.2) is 34.4 Å². The van der Waals surface area contributed by atoms with Crippen molar-refractivity contribution in [3.8, 4) is 0 Å². The summed E-state index contributed by atoms with van der Waals surface area (Å²) < 4.78 is 24.1. The monoisotopic (exact) mass is 261 g/mol. The predicted octanol–water partition coefficient (Wildman–Crippen LogP) is 0.788. The number of imidazole rings is 1. The Morgan fingerprint density at radius 3 is 2.59 bits per heavy atom. The van der Waals surface area contributed by atoms with E-state index in [-0.39, 0.29) is 23.9 Å². The van der Waals surface area contributed by atoms with Crippen LogP contribution in [0.15, 0.2) is 6.20 Å². The molecule has 1 heterocycles. The fourth-order valence-electron chi connectivity index (χ4n) is 1.45. The number of aromatic nitrogens is 2. The molecular formula is C9H15N3O4S. The molecule has 0 bridgehead atoms. The van der Waals surface area contributed by atoms with Gasteiger partial charge >= 0.3 is 5.82 Å². The highest BCUT2D eigenvalue weighted by Crippen LogP contribution is 2.14. The zero-order valence-electron chi connectivity index (χ0n) is 9.79. The van der Waals surface area contributed by atoms with E-state index < -0.39 is 14.8 Å². The molecule has 0 aliphatic carbocycles. The van der Waals surface area contributed by atoms with E-state index in [0.717, 1.165) is 6.20 Å². The van der Waals surface area contributed by atoms with Crippen LogP contribution < -0.4 is 0 Å². The first-order valence-corrected chi connectivity index (χ1v) is 7.12. The van der Waals surface area contributed by atoms with Gasteiger partial charge < -0.3 is 10.1 Å². The maximum Gasteiger partial charge on any atom is 0.342 e. The van der Waals surface area contributed by atoms with Gasteiger partial charge in [0.05, 0.1) is 5.75 Å². The average molecular weight is 261 g/mol. The smallest absolute Gasteiger partial charge is 0.342 e. The summed E-state index contributed by atoms with van der Waals surface area (Å²) in [6.45, 7) is 3.45. The lowest BCUT2D eigenvalue weighted by molar-refractivity contribution is -0.392. The zero-order valence-corrected chi connectivity index (χ0v) is 10.6. The summed E-state index contributed by atoms with van der Waals surface area (Å²) in [5, 5.41) is 10.7. The van der Waals surface area contributed by atoms with Crippen molar-refractivity contribution in [2.75, 3.05) is 11.5 Å². The van der Waals surface area contributed by atoms with E-state index in [1.54, 1.807) is 6.92 Å². The summed E-state index contributed by atoms with van der Waals surface area (Å²) in [7, 11) is -3.13. The van der Waals surface area contributed by atoms with Gasteiger partial charge in [0.1, 0.15) is 12.7 Å². The molecular weight excluding hydrogens is 246 g/mol. The minimum absolute atomic E-state index is 0.0386. The lowest BCUT2D eigenvalue weighted by Gasteiger charge is -2.03. The molecule has 0 aliphatic heterocycles. The third kappa shape index (κ3) is 3.26. The summed E-state index contributed by atoms with van der Waals surface area (Å²) in [4.78, 5) is 14.1. The van der Waals surface area contributed by atoms with Crippen LogP contribution in [0, 0.1) is 10.1 Å². The Morgan fingerprint density at radius 1 is 1.47 bits per heavy atom. The topological polar surface area (TPSA) is 95.1 Å². The molecule has 1 rings (SSSR count). The van der Waals surface area contributed by atoms with E-state index in [1.807, 2.05) is 6.92 Å². The van der Waals surface area contributed by atoms with Crippen LogP contribution in [0.25, 0.3) is 0 Å². The summed E-state index contributed by atoms with van der Waals surface area (Å²) in [5.74, 6) is 0.307. The summed E-state index contributed by atoms with van der Waals surface area (Å²) in [5.41, 5.74) is 0. The van der Waals surface area contributed by atoms with Gasteiger partial charge in [0.25, 0.3) is 0 Å². The summed E-state index contributed by atoms with van der Waals surface area (Å²) in [6, 6.07) is 0. The predicted molar refractivity (Wildman–Crippen MR) is 62.6 cm³/mol. The molecule has 0 atom stereocenters. The Morgan fingerprint density at radius 2 is 2.12 bits per heavy atom. The molecule has 0 amide bonds. The van der Waals surface area contributed by atoms with Gasteiger partial charge in [-0.1, -0.05) is 13.8 Å². The maximum absolute atomic E-state index is 11.4. The van der Waals surface area contributed by atoms with Crippen molar-refractivity contribution in [2.24, 2.45) is 0 Å². The minimum Gasteiger partial charge on any atom is -0.358 e. The number of hydrogen-bond acceptors (Lipinski definition) is 5. The van der Waals surface area contributed by atoms with Crippen molar-refractivity contribution in [1.29, 1.82) is 0 Å². The molecule has 0 N–H and O–H groups in total. The molecule has 0 saturated carbocycles. The number of sulfone groups is 1. The van der Waals surface area contributed by atoms with Crippen LogP contribution >= 0.6 is 0 Å². The first-order chi connectivity index (χ1) is 7.91. The Hall–Kier alpha value is -1.44. The van der Waals surface area contributed by atoms with E-state index in [9.17, 15) is 18.5 Å². The third-order valence-electron chi connectivity index (χ3n) is 2.49. The van der Waals surface area contributed by atoms with E-state index in [1.165, 1.54) is 4.57 Å². The molecule has 0 radical (unpaired) electrons. The van der Waals surface area contributed by atoms with E-state index in [2.05, 4.69) is 4.98 Å². The number of aryl methyl sites for hydroxylation is 1. The fraction of sp³-hybridized carbons (Fsp3) is 0.667. The highest BCUT2D eigenvalue weighted by molar-refractivity contribution is 7.91. The third-order valence-corrected chi connectivity index (χ3v) is 4.17. The average Bonchev–Trinajstić information content (AvgIpc) is 2.69. The van der Waals surface area contributed by atoms with Gasteiger partial charge in [-0.2, -0.15) is 0 Å². The van der Waals surface area contributed by atoms with Crippen LogP contribution in [0.3, 0.4) is 0 Å². The molecule has 0 aromatic carbocycles. The number of nitro groups is 1. The number of nitrogens with zero attached hydrogens (tertiary/aromatic N) is 3. The molecule has 1 aromatic rings. The van der Waals surface area contributed by atoms with Gasteiger partial charge in [-0.25, -0.2) is 18.0 Å². The Bertz CT molecular complexity index is 506. The largest absolute Gasteiger partial charge is 0.358 e. The Kier molecular flexibility index (Phi) is 4.22. The molecule has 0 fully saturated rings. The quantitative estimate of drug-likeness (QED) is 0.557. The van der Waals surface area contributed by atoms with Crippen LogP contribution in [0.5, 0.6) is 0 Å². The van der Waals surface area contributed by atoms with Crippen molar-refractivity contribution < 1.29 is 13.3 Å². The minimum atomic E-state index is -3.13. The van der Waals surface area contributed by atoms with Crippen molar-refractivity contribution in [1.82, 2.24) is 9.55 Å². The molecule has 0 spiro atoms. The standard InChI is InChI=1S/C9H15N3O4S/c1-3-8-10-7-9(12(13)14)11(8)5-6-17(15,16)4-2/h7H,3-6H2,1-2H3. The highest BCUT2D eigenvalue weighted by Gasteiger charge is 2.20. The van der Waals surface area contributed by atoms with Gasteiger partial charge in [-0.15, -0.1) is 0 Å². The molecule has 96 valence electrons. The zero-order chi connectivity index (χ0) is 13.1. The second-order valence-corrected chi connectivity index (χ2v) is 6.00. The Labute approximate surface area is 99.5 Å².